The number of anilines is 1. The number of methoxy groups -OCH3 is 1. The van der Waals surface area contributed by atoms with Crippen LogP contribution in [0.1, 0.15) is 12.5 Å². The molecule has 0 bridgehead atoms. The zero-order valence-electron chi connectivity index (χ0n) is 15.3. The predicted octanol–water partition coefficient (Wildman–Crippen LogP) is 3.53. The number of carbonyl (C=O) groups excluding carboxylic acids is 1. The number of halogens is 2. The van der Waals surface area contributed by atoms with Crippen molar-refractivity contribution in [1.29, 1.82) is 0 Å². The minimum absolute atomic E-state index is 0.000189. The fourth-order valence-electron chi connectivity index (χ4n) is 3.35. The number of ether oxygens (including phenoxy) is 2. The first-order valence-corrected chi connectivity index (χ1v) is 8.68. The average Bonchev–Trinajstić information content (AvgIpc) is 2.62. The van der Waals surface area contributed by atoms with Crippen LogP contribution in [0.3, 0.4) is 0 Å². The van der Waals surface area contributed by atoms with Crippen LogP contribution in [0.25, 0.3) is 0 Å². The maximum absolute atomic E-state index is 12.7. The Bertz CT molecular complexity index is 783. The number of benzene rings is 2. The Hall–Kier alpha value is -2.67. The minimum atomic E-state index is -2.83. The highest BCUT2D eigenvalue weighted by Crippen LogP contribution is 2.26. The molecule has 2 aromatic rings. The van der Waals surface area contributed by atoms with E-state index in [0.717, 1.165) is 11.3 Å². The summed E-state index contributed by atoms with van der Waals surface area (Å²) in [5.74, 6) is 0.849. The largest absolute Gasteiger partial charge is 0.497 e. The van der Waals surface area contributed by atoms with Crippen molar-refractivity contribution in [3.63, 3.8) is 0 Å². The summed E-state index contributed by atoms with van der Waals surface area (Å²) in [4.78, 5) is 16.6. The third kappa shape index (κ3) is 4.74. The summed E-state index contributed by atoms with van der Waals surface area (Å²) in [5.41, 5.74) is 1.76. The molecule has 0 radical (unpaired) electrons. The molecule has 1 fully saturated rings. The van der Waals surface area contributed by atoms with Crippen molar-refractivity contribution in [2.45, 2.75) is 26.1 Å². The molecule has 7 heteroatoms. The van der Waals surface area contributed by atoms with Crippen molar-refractivity contribution in [3.05, 3.63) is 54.1 Å². The fourth-order valence-corrected chi connectivity index (χ4v) is 3.35. The summed E-state index contributed by atoms with van der Waals surface area (Å²) < 4.78 is 34.0. The number of hydrogen-bond donors (Lipinski definition) is 0. The van der Waals surface area contributed by atoms with Crippen LogP contribution in [0.15, 0.2) is 48.5 Å². The topological polar surface area (TPSA) is 42.0 Å². The van der Waals surface area contributed by atoms with E-state index in [1.54, 1.807) is 24.1 Å². The highest BCUT2D eigenvalue weighted by atomic mass is 19.3. The standard InChI is InChI=1S/C20H22F2N2O3/c1-14-11-23(12-15-6-8-17(9-7-15)27-20(21)22)13-19(25)24(14)16-4-3-5-18(10-16)26-2/h3-10,14,20H,11-13H2,1-2H3. The van der Waals surface area contributed by atoms with Crippen LogP contribution in [-0.2, 0) is 11.3 Å². The molecular weight excluding hydrogens is 354 g/mol. The highest BCUT2D eigenvalue weighted by molar-refractivity contribution is 5.96. The van der Waals surface area contributed by atoms with Crippen molar-refractivity contribution in [3.8, 4) is 11.5 Å². The van der Waals surface area contributed by atoms with E-state index in [4.69, 9.17) is 4.74 Å². The lowest BCUT2D eigenvalue weighted by Gasteiger charge is -2.39. The Morgan fingerprint density at radius 2 is 1.89 bits per heavy atom. The Morgan fingerprint density at radius 3 is 2.52 bits per heavy atom. The summed E-state index contributed by atoms with van der Waals surface area (Å²) in [6, 6.07) is 14.0. The molecule has 27 heavy (non-hydrogen) atoms. The van der Waals surface area contributed by atoms with E-state index in [-0.39, 0.29) is 24.2 Å². The van der Waals surface area contributed by atoms with Gasteiger partial charge in [0, 0.05) is 30.9 Å². The Morgan fingerprint density at radius 1 is 1.15 bits per heavy atom. The van der Waals surface area contributed by atoms with Gasteiger partial charge < -0.3 is 14.4 Å². The van der Waals surface area contributed by atoms with Gasteiger partial charge in [-0.15, -0.1) is 0 Å². The van der Waals surface area contributed by atoms with Gasteiger partial charge in [-0.25, -0.2) is 0 Å². The first-order valence-electron chi connectivity index (χ1n) is 8.68. The number of piperazine rings is 1. The Labute approximate surface area is 157 Å². The molecule has 1 amide bonds. The molecule has 0 N–H and O–H groups in total. The van der Waals surface area contributed by atoms with Crippen molar-refractivity contribution in [1.82, 2.24) is 4.90 Å². The maximum atomic E-state index is 12.7. The number of alkyl halides is 2. The van der Waals surface area contributed by atoms with Crippen molar-refractivity contribution in [2.75, 3.05) is 25.1 Å². The first-order chi connectivity index (χ1) is 13.0. The van der Waals surface area contributed by atoms with Crippen LogP contribution < -0.4 is 14.4 Å². The van der Waals surface area contributed by atoms with Gasteiger partial charge in [0.05, 0.1) is 13.7 Å². The molecule has 0 saturated carbocycles. The molecule has 0 spiro atoms. The van der Waals surface area contributed by atoms with E-state index in [9.17, 15) is 13.6 Å². The van der Waals surface area contributed by atoms with Gasteiger partial charge in [-0.05, 0) is 36.8 Å². The van der Waals surface area contributed by atoms with Gasteiger partial charge in [-0.2, -0.15) is 8.78 Å². The molecule has 1 heterocycles. The van der Waals surface area contributed by atoms with Crippen molar-refractivity contribution < 1.29 is 23.0 Å². The van der Waals surface area contributed by atoms with Crippen LogP contribution in [-0.4, -0.2) is 43.7 Å². The van der Waals surface area contributed by atoms with Gasteiger partial charge in [-0.3, -0.25) is 9.69 Å². The van der Waals surface area contributed by atoms with Gasteiger partial charge >= 0.3 is 6.61 Å². The maximum Gasteiger partial charge on any atom is 0.387 e. The lowest BCUT2D eigenvalue weighted by atomic mass is 10.1. The second kappa shape index (κ2) is 8.35. The van der Waals surface area contributed by atoms with E-state index in [1.165, 1.54) is 12.1 Å². The third-order valence-corrected chi connectivity index (χ3v) is 4.48. The summed E-state index contributed by atoms with van der Waals surface area (Å²) in [6.07, 6.45) is 0. The van der Waals surface area contributed by atoms with Gasteiger partial charge in [0.15, 0.2) is 0 Å². The lowest BCUT2D eigenvalue weighted by molar-refractivity contribution is -0.122. The fraction of sp³-hybridized carbons (Fsp3) is 0.350. The molecule has 0 aliphatic carbocycles. The van der Waals surface area contributed by atoms with Gasteiger partial charge in [-0.1, -0.05) is 18.2 Å². The molecule has 1 unspecified atom stereocenters. The monoisotopic (exact) mass is 376 g/mol. The number of rotatable bonds is 6. The Balaban J connectivity index is 1.65. The highest BCUT2D eigenvalue weighted by Gasteiger charge is 2.31. The van der Waals surface area contributed by atoms with Crippen LogP contribution in [0.2, 0.25) is 0 Å². The van der Waals surface area contributed by atoms with E-state index >= 15 is 0 Å². The molecule has 1 aliphatic heterocycles. The third-order valence-electron chi connectivity index (χ3n) is 4.48. The number of amides is 1. The van der Waals surface area contributed by atoms with E-state index in [2.05, 4.69) is 4.74 Å². The molecule has 1 aliphatic rings. The lowest BCUT2D eigenvalue weighted by Crippen LogP contribution is -2.55. The molecule has 1 atom stereocenters. The number of nitrogens with zero attached hydrogens (tertiary/aromatic N) is 2. The van der Waals surface area contributed by atoms with E-state index in [1.807, 2.05) is 36.1 Å². The van der Waals surface area contributed by atoms with E-state index < -0.39 is 6.61 Å². The summed E-state index contributed by atoms with van der Waals surface area (Å²) in [6.45, 7) is 0.730. The smallest absolute Gasteiger partial charge is 0.387 e. The Kier molecular flexibility index (Phi) is 5.91. The minimum Gasteiger partial charge on any atom is -0.497 e. The SMILES string of the molecule is COc1cccc(N2C(=O)CN(Cc3ccc(OC(F)F)cc3)CC2C)c1. The average molecular weight is 376 g/mol. The summed E-state index contributed by atoms with van der Waals surface area (Å²) in [5, 5.41) is 0. The molecule has 1 saturated heterocycles. The summed E-state index contributed by atoms with van der Waals surface area (Å²) in [7, 11) is 1.60. The molecular formula is C20H22F2N2O3. The first kappa shape index (κ1) is 19.1. The second-order valence-corrected chi connectivity index (χ2v) is 6.51. The van der Waals surface area contributed by atoms with Gasteiger partial charge in [0.1, 0.15) is 11.5 Å². The van der Waals surface area contributed by atoms with Gasteiger partial charge in [0.2, 0.25) is 5.91 Å². The zero-order chi connectivity index (χ0) is 19.4. The predicted molar refractivity (Wildman–Crippen MR) is 98.3 cm³/mol. The van der Waals surface area contributed by atoms with Crippen LogP contribution in [0, 0.1) is 0 Å². The van der Waals surface area contributed by atoms with Crippen LogP contribution in [0.4, 0.5) is 14.5 Å². The molecule has 5 nitrogen and oxygen atoms in total. The molecule has 144 valence electrons. The number of hydrogen-bond acceptors (Lipinski definition) is 4. The number of carbonyl (C=O) groups is 1. The quantitative estimate of drug-likeness (QED) is 0.774. The normalized spacial score (nSPS) is 18.0. The zero-order valence-corrected chi connectivity index (χ0v) is 15.3. The van der Waals surface area contributed by atoms with Crippen LogP contribution in [0.5, 0.6) is 11.5 Å². The van der Waals surface area contributed by atoms with Crippen molar-refractivity contribution in [2.24, 2.45) is 0 Å². The van der Waals surface area contributed by atoms with Crippen molar-refractivity contribution >= 4 is 11.6 Å². The van der Waals surface area contributed by atoms with Gasteiger partial charge in [0.25, 0.3) is 0 Å². The van der Waals surface area contributed by atoms with Crippen LogP contribution >= 0.6 is 0 Å². The molecule has 0 aromatic heterocycles. The molecule has 3 rings (SSSR count). The summed E-state index contributed by atoms with van der Waals surface area (Å²) >= 11 is 0. The second-order valence-electron chi connectivity index (χ2n) is 6.51. The molecule has 2 aromatic carbocycles. The van der Waals surface area contributed by atoms with E-state index in [0.29, 0.717) is 18.8 Å².